The van der Waals surface area contributed by atoms with E-state index in [2.05, 4.69) is 65.8 Å². The molecule has 2 heteroatoms. The normalized spacial score (nSPS) is 12.1. The van der Waals surface area contributed by atoms with Crippen molar-refractivity contribution in [3.05, 3.63) is 69.4 Å². The number of hydrogen-bond acceptors (Lipinski definition) is 2. The van der Waals surface area contributed by atoms with Gasteiger partial charge >= 0.3 is 0 Å². The zero-order valence-electron chi connectivity index (χ0n) is 19.5. The van der Waals surface area contributed by atoms with E-state index in [1.54, 1.807) is 0 Å². The van der Waals surface area contributed by atoms with Crippen LogP contribution in [0, 0.1) is 6.92 Å². The van der Waals surface area contributed by atoms with Crippen LogP contribution in [0.25, 0.3) is 0 Å². The Balaban J connectivity index is 2.92. The number of aromatic hydroxyl groups is 2. The summed E-state index contributed by atoms with van der Waals surface area (Å²) in [6.07, 6.45) is 14.4. The Hall–Kier alpha value is -2.22. The van der Waals surface area contributed by atoms with Crippen LogP contribution in [0.4, 0.5) is 0 Å². The number of rotatable bonds is 10. The molecule has 0 unspecified atom stereocenters. The van der Waals surface area contributed by atoms with E-state index in [0.717, 1.165) is 42.4 Å². The van der Waals surface area contributed by atoms with Crippen molar-refractivity contribution < 1.29 is 10.2 Å². The molecular weight excluding hydrogens is 356 g/mol. The van der Waals surface area contributed by atoms with Gasteiger partial charge in [-0.15, -0.1) is 0 Å². The van der Waals surface area contributed by atoms with E-state index in [9.17, 15) is 10.2 Å². The van der Waals surface area contributed by atoms with Gasteiger partial charge in [-0.05, 0) is 92.6 Å². The van der Waals surface area contributed by atoms with Crippen molar-refractivity contribution in [2.45, 2.75) is 87.0 Å². The summed E-state index contributed by atoms with van der Waals surface area (Å²) in [5.41, 5.74) is 8.16. The maximum Gasteiger partial charge on any atom is 0.123 e. The average Bonchev–Trinajstić information content (AvgIpc) is 2.60. The molecule has 0 aromatic heterocycles. The van der Waals surface area contributed by atoms with Crippen LogP contribution >= 0.6 is 0 Å². The van der Waals surface area contributed by atoms with Gasteiger partial charge in [0.25, 0.3) is 0 Å². The lowest BCUT2D eigenvalue weighted by Crippen LogP contribution is -1.97. The molecule has 0 aliphatic heterocycles. The SMILES string of the molecule is CC(C)=CCC/C(C)=C/Cc1c(O)cc(O)c(C/C=C(\C)CCC=C(C)C)c1C. The largest absolute Gasteiger partial charge is 0.508 e. The smallest absolute Gasteiger partial charge is 0.123 e. The molecule has 1 aromatic rings. The van der Waals surface area contributed by atoms with Crippen molar-refractivity contribution in [1.29, 1.82) is 0 Å². The van der Waals surface area contributed by atoms with Gasteiger partial charge in [-0.3, -0.25) is 0 Å². The van der Waals surface area contributed by atoms with E-state index < -0.39 is 0 Å². The number of allylic oxidation sites excluding steroid dienone is 8. The second-order valence-corrected chi connectivity index (χ2v) is 8.65. The monoisotopic (exact) mass is 396 g/mol. The molecule has 1 aromatic carbocycles. The first-order valence-corrected chi connectivity index (χ1v) is 10.7. The minimum absolute atomic E-state index is 0.182. The minimum atomic E-state index is 0.182. The molecule has 0 aliphatic rings. The third-order valence-corrected chi connectivity index (χ3v) is 5.29. The molecule has 0 atom stereocenters. The molecule has 0 spiro atoms. The van der Waals surface area contributed by atoms with Gasteiger partial charge in [0.05, 0.1) is 0 Å². The molecule has 0 saturated carbocycles. The highest BCUT2D eigenvalue weighted by Crippen LogP contribution is 2.33. The third kappa shape index (κ3) is 9.21. The standard InChI is InChI=1S/C27H40O2/c1-19(2)10-8-12-21(5)14-16-24-23(7)25(27(29)18-26(24)28)17-15-22(6)13-9-11-20(3)4/h10-11,14-15,18,28-29H,8-9,12-13,16-17H2,1-7H3/b21-14+,22-15+. The lowest BCUT2D eigenvalue weighted by molar-refractivity contribution is 0.442. The first-order valence-electron chi connectivity index (χ1n) is 10.7. The molecule has 2 nitrogen and oxygen atoms in total. The number of phenolic OH excluding ortho intramolecular Hbond substituents is 2. The zero-order valence-corrected chi connectivity index (χ0v) is 19.5. The Kier molecular flexibility index (Phi) is 10.6. The van der Waals surface area contributed by atoms with Crippen molar-refractivity contribution >= 4 is 0 Å². The second-order valence-electron chi connectivity index (χ2n) is 8.65. The molecule has 2 N–H and O–H groups in total. The van der Waals surface area contributed by atoms with E-state index >= 15 is 0 Å². The molecule has 0 aliphatic carbocycles. The molecule has 0 fully saturated rings. The zero-order chi connectivity index (χ0) is 22.0. The van der Waals surface area contributed by atoms with Crippen molar-refractivity contribution in [2.24, 2.45) is 0 Å². The summed E-state index contributed by atoms with van der Waals surface area (Å²) in [6.45, 7) is 14.8. The Morgan fingerprint density at radius 1 is 0.690 bits per heavy atom. The molecule has 0 saturated heterocycles. The van der Waals surface area contributed by atoms with Crippen molar-refractivity contribution in [3.63, 3.8) is 0 Å². The maximum atomic E-state index is 10.4. The predicted molar refractivity (Wildman–Crippen MR) is 127 cm³/mol. The van der Waals surface area contributed by atoms with Crippen molar-refractivity contribution in [2.75, 3.05) is 0 Å². The summed E-state index contributed by atoms with van der Waals surface area (Å²) in [5.74, 6) is 0.364. The van der Waals surface area contributed by atoms with Gasteiger partial charge < -0.3 is 10.2 Å². The lowest BCUT2D eigenvalue weighted by Gasteiger charge is -2.14. The van der Waals surface area contributed by atoms with Gasteiger partial charge in [0.2, 0.25) is 0 Å². The Morgan fingerprint density at radius 2 is 1.07 bits per heavy atom. The van der Waals surface area contributed by atoms with Gasteiger partial charge in [0, 0.05) is 17.2 Å². The molecule has 1 rings (SSSR count). The summed E-state index contributed by atoms with van der Waals surface area (Å²) < 4.78 is 0. The van der Waals surface area contributed by atoms with Gasteiger partial charge in [-0.2, -0.15) is 0 Å². The van der Waals surface area contributed by atoms with Crippen LogP contribution in [-0.4, -0.2) is 10.2 Å². The summed E-state index contributed by atoms with van der Waals surface area (Å²) in [4.78, 5) is 0. The fourth-order valence-electron chi connectivity index (χ4n) is 3.32. The molecule has 160 valence electrons. The molecule has 29 heavy (non-hydrogen) atoms. The number of hydrogen-bond donors (Lipinski definition) is 2. The van der Waals surface area contributed by atoms with E-state index in [-0.39, 0.29) is 11.5 Å². The van der Waals surface area contributed by atoms with Crippen molar-refractivity contribution in [1.82, 2.24) is 0 Å². The number of phenols is 2. The first-order chi connectivity index (χ1) is 13.6. The van der Waals surface area contributed by atoms with Crippen LogP contribution in [-0.2, 0) is 12.8 Å². The fraction of sp³-hybridized carbons (Fsp3) is 0.481. The Morgan fingerprint density at radius 3 is 1.41 bits per heavy atom. The maximum absolute atomic E-state index is 10.4. The van der Waals surface area contributed by atoms with Gasteiger partial charge in [0.15, 0.2) is 0 Å². The van der Waals surface area contributed by atoms with Crippen LogP contribution in [0.1, 0.15) is 83.9 Å². The second kappa shape index (κ2) is 12.4. The molecule has 0 heterocycles. The molecule has 0 radical (unpaired) electrons. The average molecular weight is 397 g/mol. The molecule has 0 amide bonds. The highest BCUT2D eigenvalue weighted by Gasteiger charge is 2.13. The van der Waals surface area contributed by atoms with Crippen LogP contribution in [0.2, 0.25) is 0 Å². The highest BCUT2D eigenvalue weighted by molar-refractivity contribution is 5.52. The minimum Gasteiger partial charge on any atom is -0.508 e. The third-order valence-electron chi connectivity index (χ3n) is 5.29. The number of benzene rings is 1. The van der Waals surface area contributed by atoms with E-state index in [1.807, 2.05) is 6.92 Å². The quantitative estimate of drug-likeness (QED) is 0.395. The summed E-state index contributed by atoms with van der Waals surface area (Å²) >= 11 is 0. The van der Waals surface area contributed by atoms with Gasteiger partial charge in [-0.1, -0.05) is 46.6 Å². The van der Waals surface area contributed by atoms with Crippen molar-refractivity contribution in [3.8, 4) is 11.5 Å². The predicted octanol–water partition coefficient (Wildman–Crippen LogP) is 7.88. The van der Waals surface area contributed by atoms with Crippen LogP contribution in [0.3, 0.4) is 0 Å². The molecule has 0 bridgehead atoms. The van der Waals surface area contributed by atoms with Crippen LogP contribution in [0.15, 0.2) is 52.7 Å². The first kappa shape index (κ1) is 24.8. The lowest BCUT2D eigenvalue weighted by atomic mass is 9.94. The van der Waals surface area contributed by atoms with E-state index in [4.69, 9.17) is 0 Å². The summed E-state index contributed by atoms with van der Waals surface area (Å²) in [6, 6.07) is 1.50. The van der Waals surface area contributed by atoms with Gasteiger partial charge in [0.1, 0.15) is 11.5 Å². The summed E-state index contributed by atoms with van der Waals surface area (Å²) in [7, 11) is 0. The molecular formula is C27H40O2. The summed E-state index contributed by atoms with van der Waals surface area (Å²) in [5, 5.41) is 20.8. The Labute approximate surface area is 178 Å². The van der Waals surface area contributed by atoms with Crippen LogP contribution in [0.5, 0.6) is 11.5 Å². The topological polar surface area (TPSA) is 40.5 Å². The van der Waals surface area contributed by atoms with E-state index in [1.165, 1.54) is 28.4 Å². The van der Waals surface area contributed by atoms with Gasteiger partial charge in [-0.25, -0.2) is 0 Å². The Bertz CT molecular complexity index is 732. The fourth-order valence-corrected chi connectivity index (χ4v) is 3.32. The van der Waals surface area contributed by atoms with E-state index in [0.29, 0.717) is 12.8 Å². The van der Waals surface area contributed by atoms with Crippen LogP contribution < -0.4 is 0 Å². The highest BCUT2D eigenvalue weighted by atomic mass is 16.3.